The molecular formula is C16H23FN2O. The summed E-state index contributed by atoms with van der Waals surface area (Å²) in [6.45, 7) is 4.78. The van der Waals surface area contributed by atoms with Crippen LogP contribution in [0.15, 0.2) is 12.1 Å². The van der Waals surface area contributed by atoms with Crippen LogP contribution in [-0.4, -0.2) is 23.4 Å². The van der Waals surface area contributed by atoms with Crippen LogP contribution in [0.25, 0.3) is 0 Å². The maximum Gasteiger partial charge on any atom is 0.222 e. The first kappa shape index (κ1) is 14.8. The molecule has 1 amide bonds. The number of carbonyl (C=O) groups excluding carboxylic acids is 1. The summed E-state index contributed by atoms with van der Waals surface area (Å²) >= 11 is 0. The molecule has 0 saturated carbocycles. The van der Waals surface area contributed by atoms with Crippen molar-refractivity contribution in [1.29, 1.82) is 0 Å². The Hall–Kier alpha value is -1.58. The maximum absolute atomic E-state index is 13.5. The fourth-order valence-corrected chi connectivity index (χ4v) is 3.00. The van der Waals surface area contributed by atoms with Gasteiger partial charge in [0.15, 0.2) is 0 Å². The number of amides is 1. The summed E-state index contributed by atoms with van der Waals surface area (Å²) in [5.74, 6) is -0.132. The second-order valence-electron chi connectivity index (χ2n) is 5.48. The fraction of sp³-hybridized carbons (Fsp3) is 0.562. The Bertz CT molecular complexity index is 501. The van der Waals surface area contributed by atoms with Crippen LogP contribution in [-0.2, 0) is 17.6 Å². The number of nitrogens with zero attached hydrogens (tertiary/aromatic N) is 1. The van der Waals surface area contributed by atoms with E-state index >= 15 is 0 Å². The van der Waals surface area contributed by atoms with Crippen LogP contribution in [0.2, 0.25) is 0 Å². The van der Waals surface area contributed by atoms with E-state index in [2.05, 4.69) is 6.92 Å². The van der Waals surface area contributed by atoms with Crippen LogP contribution >= 0.6 is 0 Å². The van der Waals surface area contributed by atoms with E-state index in [9.17, 15) is 9.18 Å². The molecule has 0 bridgehead atoms. The van der Waals surface area contributed by atoms with E-state index < -0.39 is 0 Å². The fourth-order valence-electron chi connectivity index (χ4n) is 3.00. The van der Waals surface area contributed by atoms with E-state index in [-0.39, 0.29) is 23.5 Å². The summed E-state index contributed by atoms with van der Waals surface area (Å²) in [6.07, 6.45) is 4.00. The Kier molecular flexibility index (Phi) is 4.63. The topological polar surface area (TPSA) is 46.3 Å². The highest BCUT2D eigenvalue weighted by atomic mass is 19.1. The van der Waals surface area contributed by atoms with E-state index in [0.717, 1.165) is 43.4 Å². The third-order valence-electron chi connectivity index (χ3n) is 4.05. The number of rotatable bonds is 4. The first-order valence-electron chi connectivity index (χ1n) is 7.43. The van der Waals surface area contributed by atoms with Crippen molar-refractivity contribution in [3.05, 3.63) is 29.1 Å². The largest absolute Gasteiger partial charge is 0.396 e. The highest BCUT2D eigenvalue weighted by Gasteiger charge is 2.27. The van der Waals surface area contributed by atoms with E-state index in [4.69, 9.17) is 5.73 Å². The lowest BCUT2D eigenvalue weighted by Gasteiger charge is -2.35. The van der Waals surface area contributed by atoms with Gasteiger partial charge in [-0.1, -0.05) is 13.8 Å². The first-order chi connectivity index (χ1) is 9.56. The van der Waals surface area contributed by atoms with E-state index in [1.807, 2.05) is 11.8 Å². The van der Waals surface area contributed by atoms with Gasteiger partial charge in [0.25, 0.3) is 0 Å². The number of anilines is 1. The average Bonchev–Trinajstić information content (AvgIpc) is 2.45. The summed E-state index contributed by atoms with van der Waals surface area (Å²) < 4.78 is 13.5. The van der Waals surface area contributed by atoms with Gasteiger partial charge in [0, 0.05) is 19.0 Å². The highest BCUT2D eigenvalue weighted by molar-refractivity contribution is 5.76. The van der Waals surface area contributed by atoms with Gasteiger partial charge in [-0.2, -0.15) is 0 Å². The average molecular weight is 278 g/mol. The summed E-state index contributed by atoms with van der Waals surface area (Å²) in [6, 6.07) is 3.50. The Morgan fingerprint density at radius 1 is 1.40 bits per heavy atom. The zero-order valence-corrected chi connectivity index (χ0v) is 12.3. The first-order valence-corrected chi connectivity index (χ1v) is 7.43. The number of fused-ring (bicyclic) bond motifs is 1. The normalized spacial score (nSPS) is 17.6. The van der Waals surface area contributed by atoms with Crippen LogP contribution < -0.4 is 5.73 Å². The zero-order valence-electron chi connectivity index (χ0n) is 12.3. The summed E-state index contributed by atoms with van der Waals surface area (Å²) in [5.41, 5.74) is 7.98. The van der Waals surface area contributed by atoms with Crippen molar-refractivity contribution >= 4 is 11.6 Å². The third-order valence-corrected chi connectivity index (χ3v) is 4.05. The molecule has 0 fully saturated rings. The summed E-state index contributed by atoms with van der Waals surface area (Å²) in [4.78, 5) is 14.1. The summed E-state index contributed by atoms with van der Waals surface area (Å²) in [7, 11) is 0. The molecule has 1 aliphatic carbocycles. The molecule has 0 aromatic heterocycles. The van der Waals surface area contributed by atoms with Crippen molar-refractivity contribution in [1.82, 2.24) is 4.90 Å². The quantitative estimate of drug-likeness (QED) is 0.861. The van der Waals surface area contributed by atoms with Crippen LogP contribution in [0.5, 0.6) is 0 Å². The van der Waals surface area contributed by atoms with Crippen molar-refractivity contribution < 1.29 is 9.18 Å². The molecule has 0 heterocycles. The van der Waals surface area contributed by atoms with Crippen LogP contribution in [0.3, 0.4) is 0 Å². The molecule has 0 spiro atoms. The minimum atomic E-state index is -0.336. The van der Waals surface area contributed by atoms with E-state index in [1.54, 1.807) is 12.1 Å². The number of halogens is 1. The van der Waals surface area contributed by atoms with Gasteiger partial charge in [0.1, 0.15) is 5.82 Å². The summed E-state index contributed by atoms with van der Waals surface area (Å²) in [5, 5.41) is 0. The maximum atomic E-state index is 13.5. The lowest BCUT2D eigenvalue weighted by atomic mass is 9.86. The number of benzene rings is 1. The molecule has 20 heavy (non-hydrogen) atoms. The molecule has 3 nitrogen and oxygen atoms in total. The number of nitrogen functional groups attached to an aromatic ring is 1. The van der Waals surface area contributed by atoms with Crippen molar-refractivity contribution in [3.8, 4) is 0 Å². The van der Waals surface area contributed by atoms with Crippen molar-refractivity contribution in [2.24, 2.45) is 0 Å². The van der Waals surface area contributed by atoms with Gasteiger partial charge in [0.05, 0.1) is 5.69 Å². The van der Waals surface area contributed by atoms with Crippen LogP contribution in [0.1, 0.15) is 44.2 Å². The molecule has 0 aliphatic heterocycles. The van der Waals surface area contributed by atoms with Gasteiger partial charge in [-0.25, -0.2) is 4.39 Å². The lowest BCUT2D eigenvalue weighted by Crippen LogP contribution is -2.43. The zero-order chi connectivity index (χ0) is 14.7. The van der Waals surface area contributed by atoms with Gasteiger partial charge in [-0.3, -0.25) is 4.79 Å². The predicted molar refractivity (Wildman–Crippen MR) is 78.9 cm³/mol. The SMILES string of the molecule is CCCN(C(=O)CC)C1CCc2cc(F)c(N)cc2C1. The Morgan fingerprint density at radius 3 is 2.80 bits per heavy atom. The smallest absolute Gasteiger partial charge is 0.222 e. The molecular weight excluding hydrogens is 255 g/mol. The number of carbonyl (C=O) groups is 1. The minimum Gasteiger partial charge on any atom is -0.396 e. The molecule has 1 aromatic carbocycles. The van der Waals surface area contributed by atoms with Crippen molar-refractivity contribution in [2.75, 3.05) is 12.3 Å². The van der Waals surface area contributed by atoms with Crippen molar-refractivity contribution in [2.45, 2.75) is 52.0 Å². The van der Waals surface area contributed by atoms with Gasteiger partial charge >= 0.3 is 0 Å². The van der Waals surface area contributed by atoms with Gasteiger partial charge in [-0.05, 0) is 48.9 Å². The number of nitrogens with two attached hydrogens (primary N) is 1. The monoisotopic (exact) mass is 278 g/mol. The second-order valence-corrected chi connectivity index (χ2v) is 5.48. The molecule has 1 aromatic rings. The highest BCUT2D eigenvalue weighted by Crippen LogP contribution is 2.28. The molecule has 2 rings (SSSR count). The van der Waals surface area contributed by atoms with Gasteiger partial charge < -0.3 is 10.6 Å². The molecule has 4 heteroatoms. The lowest BCUT2D eigenvalue weighted by molar-refractivity contribution is -0.133. The minimum absolute atomic E-state index is 0.202. The molecule has 1 unspecified atom stereocenters. The molecule has 110 valence electrons. The Morgan fingerprint density at radius 2 is 2.15 bits per heavy atom. The van der Waals surface area contributed by atoms with Crippen LogP contribution in [0, 0.1) is 5.82 Å². The number of hydrogen-bond acceptors (Lipinski definition) is 2. The predicted octanol–water partition coefficient (Wildman–Crippen LogP) is 2.91. The molecule has 2 N–H and O–H groups in total. The molecule has 0 saturated heterocycles. The van der Waals surface area contributed by atoms with Gasteiger partial charge in [0.2, 0.25) is 5.91 Å². The van der Waals surface area contributed by atoms with Gasteiger partial charge in [-0.15, -0.1) is 0 Å². The molecule has 1 aliphatic rings. The Labute approximate surface area is 120 Å². The second kappa shape index (κ2) is 6.25. The van der Waals surface area contributed by atoms with Crippen LogP contribution in [0.4, 0.5) is 10.1 Å². The molecule has 0 radical (unpaired) electrons. The number of aryl methyl sites for hydroxylation is 1. The van der Waals surface area contributed by atoms with E-state index in [0.29, 0.717) is 6.42 Å². The Balaban J connectivity index is 2.20. The standard InChI is InChI=1S/C16H23FN2O/c1-3-7-19(16(20)4-2)13-6-5-11-9-14(17)15(18)10-12(11)8-13/h9-10,13H,3-8,18H2,1-2H3. The number of hydrogen-bond donors (Lipinski definition) is 1. The van der Waals surface area contributed by atoms with E-state index in [1.165, 1.54) is 0 Å². The van der Waals surface area contributed by atoms with Crippen molar-refractivity contribution in [3.63, 3.8) is 0 Å². The third kappa shape index (κ3) is 2.94. The molecule has 1 atom stereocenters.